The van der Waals surface area contributed by atoms with Crippen molar-refractivity contribution in [2.75, 3.05) is 13.1 Å². The van der Waals surface area contributed by atoms with E-state index in [0.717, 1.165) is 19.0 Å². The molecule has 2 N–H and O–H groups in total. The number of nitrogens with one attached hydrogen (secondary N) is 1. The van der Waals surface area contributed by atoms with Crippen LogP contribution in [-0.4, -0.2) is 24.3 Å². The largest absolute Gasteiger partial charge is 0.392 e. The number of hydrogen-bond acceptors (Lipinski definition) is 2. The van der Waals surface area contributed by atoms with Crippen LogP contribution in [-0.2, 0) is 0 Å². The zero-order valence-corrected chi connectivity index (χ0v) is 7.93. The zero-order valence-electron chi connectivity index (χ0n) is 7.93. The van der Waals surface area contributed by atoms with Gasteiger partial charge in [0.1, 0.15) is 0 Å². The molecular weight excluding hydrogens is 138 g/mol. The van der Waals surface area contributed by atoms with E-state index in [0.29, 0.717) is 0 Å². The van der Waals surface area contributed by atoms with Gasteiger partial charge in [-0.2, -0.15) is 0 Å². The van der Waals surface area contributed by atoms with Gasteiger partial charge in [-0.05, 0) is 32.2 Å². The zero-order chi connectivity index (χ0) is 8.69. The lowest BCUT2D eigenvalue weighted by atomic mass is 10.1. The van der Waals surface area contributed by atoms with Gasteiger partial charge in [-0.15, -0.1) is 0 Å². The summed E-state index contributed by atoms with van der Waals surface area (Å²) in [6, 6.07) is 0. The molecule has 0 aromatic rings. The minimum atomic E-state index is -0.214. The number of aliphatic hydroxyl groups is 1. The van der Waals surface area contributed by atoms with Gasteiger partial charge in [-0.3, -0.25) is 0 Å². The Morgan fingerprint density at radius 1 is 1.27 bits per heavy atom. The van der Waals surface area contributed by atoms with Crippen LogP contribution in [0.4, 0.5) is 0 Å². The molecule has 0 aliphatic rings. The van der Waals surface area contributed by atoms with Crippen LogP contribution in [0, 0.1) is 5.92 Å². The van der Waals surface area contributed by atoms with Crippen molar-refractivity contribution in [1.82, 2.24) is 5.32 Å². The van der Waals surface area contributed by atoms with Crippen molar-refractivity contribution in [2.45, 2.75) is 39.7 Å². The molecule has 2 heteroatoms. The Bertz CT molecular complexity index is 71.6. The molecule has 0 saturated heterocycles. The fourth-order valence-electron chi connectivity index (χ4n) is 0.946. The van der Waals surface area contributed by atoms with Gasteiger partial charge in [0, 0.05) is 6.54 Å². The summed E-state index contributed by atoms with van der Waals surface area (Å²) in [4.78, 5) is 0. The van der Waals surface area contributed by atoms with E-state index in [1.165, 1.54) is 12.8 Å². The van der Waals surface area contributed by atoms with Crippen molar-refractivity contribution in [2.24, 2.45) is 5.92 Å². The van der Waals surface area contributed by atoms with Gasteiger partial charge in [-0.1, -0.05) is 13.8 Å². The Kier molecular flexibility index (Phi) is 6.57. The summed E-state index contributed by atoms with van der Waals surface area (Å²) in [6.45, 7) is 8.01. The third-order valence-electron chi connectivity index (χ3n) is 1.57. The molecule has 0 amide bonds. The SMILES string of the molecule is CC(C)CCCNCC(C)O. The molecule has 0 rings (SSSR count). The lowest BCUT2D eigenvalue weighted by molar-refractivity contribution is 0.191. The third-order valence-corrected chi connectivity index (χ3v) is 1.57. The van der Waals surface area contributed by atoms with Gasteiger partial charge in [-0.25, -0.2) is 0 Å². The average molecular weight is 159 g/mol. The molecule has 0 aliphatic carbocycles. The predicted molar refractivity (Wildman–Crippen MR) is 48.6 cm³/mol. The Balaban J connectivity index is 2.91. The van der Waals surface area contributed by atoms with Crippen LogP contribution in [0.5, 0.6) is 0 Å². The summed E-state index contributed by atoms with van der Waals surface area (Å²) in [5, 5.41) is 12.1. The average Bonchev–Trinajstić information content (AvgIpc) is 1.85. The quantitative estimate of drug-likeness (QED) is 0.574. The second-order valence-electron chi connectivity index (χ2n) is 3.59. The Hall–Kier alpha value is -0.0800. The summed E-state index contributed by atoms with van der Waals surface area (Å²) < 4.78 is 0. The molecule has 0 aromatic carbocycles. The molecule has 11 heavy (non-hydrogen) atoms. The minimum Gasteiger partial charge on any atom is -0.392 e. The highest BCUT2D eigenvalue weighted by Gasteiger charge is 1.95. The monoisotopic (exact) mass is 159 g/mol. The van der Waals surface area contributed by atoms with Crippen LogP contribution in [0.15, 0.2) is 0 Å². The maximum absolute atomic E-state index is 8.90. The molecule has 0 heterocycles. The van der Waals surface area contributed by atoms with Gasteiger partial charge in [0.05, 0.1) is 6.10 Å². The Labute approximate surface area is 70.0 Å². The smallest absolute Gasteiger partial charge is 0.0636 e. The van der Waals surface area contributed by atoms with Gasteiger partial charge in [0.2, 0.25) is 0 Å². The van der Waals surface area contributed by atoms with Gasteiger partial charge in [0.15, 0.2) is 0 Å². The number of rotatable bonds is 6. The normalized spacial score (nSPS) is 13.9. The van der Waals surface area contributed by atoms with Crippen LogP contribution in [0.2, 0.25) is 0 Å². The number of hydrogen-bond donors (Lipinski definition) is 2. The maximum atomic E-state index is 8.90. The first-order valence-electron chi connectivity index (χ1n) is 4.51. The van der Waals surface area contributed by atoms with Gasteiger partial charge in [0.25, 0.3) is 0 Å². The highest BCUT2D eigenvalue weighted by atomic mass is 16.3. The third kappa shape index (κ3) is 9.92. The molecule has 0 bridgehead atoms. The fourth-order valence-corrected chi connectivity index (χ4v) is 0.946. The van der Waals surface area contributed by atoms with E-state index in [1.807, 2.05) is 0 Å². The fraction of sp³-hybridized carbons (Fsp3) is 1.00. The van der Waals surface area contributed by atoms with Crippen LogP contribution in [0.25, 0.3) is 0 Å². The lowest BCUT2D eigenvalue weighted by Crippen LogP contribution is -2.25. The van der Waals surface area contributed by atoms with Crippen LogP contribution >= 0.6 is 0 Å². The summed E-state index contributed by atoms with van der Waals surface area (Å²) in [6.07, 6.45) is 2.27. The van der Waals surface area contributed by atoms with Crippen molar-refractivity contribution in [1.29, 1.82) is 0 Å². The summed E-state index contributed by atoms with van der Waals surface area (Å²) in [7, 11) is 0. The van der Waals surface area contributed by atoms with Crippen molar-refractivity contribution in [3.63, 3.8) is 0 Å². The molecule has 68 valence electrons. The van der Waals surface area contributed by atoms with Gasteiger partial charge >= 0.3 is 0 Å². The van der Waals surface area contributed by atoms with E-state index in [-0.39, 0.29) is 6.10 Å². The molecule has 0 aliphatic heterocycles. The number of aliphatic hydroxyl groups excluding tert-OH is 1. The van der Waals surface area contributed by atoms with E-state index in [2.05, 4.69) is 19.2 Å². The molecule has 1 unspecified atom stereocenters. The maximum Gasteiger partial charge on any atom is 0.0636 e. The topological polar surface area (TPSA) is 32.3 Å². The van der Waals surface area contributed by atoms with Crippen LogP contribution in [0.3, 0.4) is 0 Å². The Morgan fingerprint density at radius 3 is 2.36 bits per heavy atom. The minimum absolute atomic E-state index is 0.214. The van der Waals surface area contributed by atoms with E-state index in [9.17, 15) is 0 Å². The molecule has 1 atom stereocenters. The second kappa shape index (κ2) is 6.62. The lowest BCUT2D eigenvalue weighted by Gasteiger charge is -2.07. The van der Waals surface area contributed by atoms with Crippen molar-refractivity contribution < 1.29 is 5.11 Å². The molecule has 0 radical (unpaired) electrons. The molecule has 0 saturated carbocycles. The summed E-state index contributed by atoms with van der Waals surface area (Å²) >= 11 is 0. The van der Waals surface area contributed by atoms with Crippen molar-refractivity contribution >= 4 is 0 Å². The first-order valence-corrected chi connectivity index (χ1v) is 4.51. The second-order valence-corrected chi connectivity index (χ2v) is 3.59. The molecule has 2 nitrogen and oxygen atoms in total. The molecular formula is C9H21NO. The van der Waals surface area contributed by atoms with E-state index >= 15 is 0 Å². The summed E-state index contributed by atoms with van der Waals surface area (Å²) in [5.41, 5.74) is 0. The van der Waals surface area contributed by atoms with Crippen LogP contribution < -0.4 is 5.32 Å². The van der Waals surface area contributed by atoms with E-state index in [4.69, 9.17) is 5.11 Å². The van der Waals surface area contributed by atoms with E-state index < -0.39 is 0 Å². The van der Waals surface area contributed by atoms with E-state index in [1.54, 1.807) is 6.92 Å². The summed E-state index contributed by atoms with van der Waals surface area (Å²) in [5.74, 6) is 0.795. The van der Waals surface area contributed by atoms with Crippen molar-refractivity contribution in [3.8, 4) is 0 Å². The molecule has 0 aromatic heterocycles. The standard InChI is InChI=1S/C9H21NO/c1-8(2)5-4-6-10-7-9(3)11/h8-11H,4-7H2,1-3H3. The first-order chi connectivity index (χ1) is 5.13. The molecule has 0 spiro atoms. The first kappa shape index (κ1) is 10.9. The van der Waals surface area contributed by atoms with Crippen LogP contribution in [0.1, 0.15) is 33.6 Å². The predicted octanol–water partition coefficient (Wildman–Crippen LogP) is 1.39. The molecule has 0 fully saturated rings. The highest BCUT2D eigenvalue weighted by Crippen LogP contribution is 2.01. The van der Waals surface area contributed by atoms with Crippen molar-refractivity contribution in [3.05, 3.63) is 0 Å². The van der Waals surface area contributed by atoms with Gasteiger partial charge < -0.3 is 10.4 Å². The Morgan fingerprint density at radius 2 is 1.91 bits per heavy atom. The highest BCUT2D eigenvalue weighted by molar-refractivity contribution is 4.54.